The van der Waals surface area contributed by atoms with Crippen LogP contribution in [0.3, 0.4) is 0 Å². The Hall–Kier alpha value is -2.85. The average molecular weight is 567 g/mol. The molecular formula is C29H35ClN6O2S. The molecule has 3 aliphatic carbocycles. The molecule has 2 aliphatic heterocycles. The number of nitrogens with zero attached hydrogens (tertiary/aromatic N) is 2. The molecule has 206 valence electrons. The van der Waals surface area contributed by atoms with Gasteiger partial charge in [-0.25, -0.2) is 3.96 Å². The van der Waals surface area contributed by atoms with E-state index in [0.717, 1.165) is 67.1 Å². The normalized spacial score (nSPS) is 28.0. The maximum absolute atomic E-state index is 13.0. The Balaban J connectivity index is 1.07. The van der Waals surface area contributed by atoms with Gasteiger partial charge in [0.2, 0.25) is 0 Å². The molecule has 1 aromatic rings. The van der Waals surface area contributed by atoms with Crippen molar-refractivity contribution < 1.29 is 4.74 Å². The third kappa shape index (κ3) is 6.32. The first kappa shape index (κ1) is 26.4. The summed E-state index contributed by atoms with van der Waals surface area (Å²) in [7, 11) is 0. The highest BCUT2D eigenvalue weighted by Gasteiger charge is 2.24. The van der Waals surface area contributed by atoms with E-state index in [1.54, 1.807) is 11.5 Å². The molecule has 0 amide bonds. The van der Waals surface area contributed by atoms with Crippen LogP contribution in [0.25, 0.3) is 11.8 Å². The number of rotatable bonds is 8. The minimum atomic E-state index is -0.218. The van der Waals surface area contributed by atoms with Gasteiger partial charge in [0, 0.05) is 34.9 Å². The van der Waals surface area contributed by atoms with Crippen molar-refractivity contribution in [3.8, 4) is 0 Å². The molecule has 5 aliphatic rings. The summed E-state index contributed by atoms with van der Waals surface area (Å²) in [4.78, 5) is 18.6. The molecule has 0 spiro atoms. The Kier molecular flexibility index (Phi) is 8.20. The number of hydrogen-bond donors (Lipinski definition) is 4. The summed E-state index contributed by atoms with van der Waals surface area (Å²) < 4.78 is 7.89. The van der Waals surface area contributed by atoms with Crippen LogP contribution < -0.4 is 26.8 Å². The molecule has 10 heteroatoms. The second-order valence-corrected chi connectivity index (χ2v) is 12.0. The molecule has 8 nitrogen and oxygen atoms in total. The fraction of sp³-hybridized carbons (Fsp3) is 0.448. The first-order chi connectivity index (χ1) is 19.1. The van der Waals surface area contributed by atoms with Crippen molar-refractivity contribution in [2.75, 3.05) is 13.3 Å². The zero-order valence-corrected chi connectivity index (χ0v) is 23.4. The van der Waals surface area contributed by atoms with E-state index in [1.807, 2.05) is 34.5 Å². The number of ether oxygens (including phenoxy) is 1. The lowest BCUT2D eigenvalue weighted by Crippen LogP contribution is -2.53. The molecule has 39 heavy (non-hydrogen) atoms. The molecular weight excluding hydrogens is 532 g/mol. The number of fused-ring (bicyclic) bond motifs is 1. The van der Waals surface area contributed by atoms with Crippen molar-refractivity contribution in [3.05, 3.63) is 80.6 Å². The Morgan fingerprint density at radius 2 is 2.18 bits per heavy atom. The number of hydrogen-bond acceptors (Lipinski definition) is 8. The zero-order valence-electron chi connectivity index (χ0n) is 21.9. The van der Waals surface area contributed by atoms with E-state index >= 15 is 0 Å². The summed E-state index contributed by atoms with van der Waals surface area (Å²) in [5, 5.41) is 13.8. The topological polar surface area (TPSA) is 91.7 Å². The standard InChI is InChI=1S/C29H35ClN6O2S/c30-24-15-20(11-12-25(24)38-17-21-6-3-4-13-31-21)35-28-16-27(32-18-33-28)34-19-7-5-8-22(14-19)36-29(37)23-9-1-2-10-26(23)39-36/h1,3-4,9,11-14,16,19,21,24,27,32-35H,2,5-8,10,15,17-18H2. The second-order valence-electron chi connectivity index (χ2n) is 10.4. The van der Waals surface area contributed by atoms with Crippen molar-refractivity contribution in [2.24, 2.45) is 4.99 Å². The van der Waals surface area contributed by atoms with E-state index in [1.165, 1.54) is 4.88 Å². The van der Waals surface area contributed by atoms with E-state index in [2.05, 4.69) is 50.6 Å². The summed E-state index contributed by atoms with van der Waals surface area (Å²) in [5.74, 6) is 1.73. The van der Waals surface area contributed by atoms with Gasteiger partial charge in [0.15, 0.2) is 0 Å². The Bertz CT molecular complexity index is 1350. The SMILES string of the molecule is O=c1c2c(sn1C1=CC(NC3C=C(NC4=CC=C(OCC5CC=CC=N5)C(Cl)C4)NCN3)CCC1)CCC=C2. The first-order valence-electron chi connectivity index (χ1n) is 13.8. The lowest BCUT2D eigenvalue weighted by atomic mass is 9.99. The zero-order chi connectivity index (χ0) is 26.6. The Morgan fingerprint density at radius 1 is 1.23 bits per heavy atom. The lowest BCUT2D eigenvalue weighted by molar-refractivity contribution is 0.185. The number of dihydropyridines is 1. The van der Waals surface area contributed by atoms with Gasteiger partial charge in [-0.05, 0) is 68.9 Å². The molecule has 0 fully saturated rings. The molecule has 4 N–H and O–H groups in total. The summed E-state index contributed by atoms with van der Waals surface area (Å²) in [6.45, 7) is 1.18. The van der Waals surface area contributed by atoms with Crippen LogP contribution in [0.15, 0.2) is 69.6 Å². The highest BCUT2D eigenvalue weighted by Crippen LogP contribution is 2.28. The van der Waals surface area contributed by atoms with Crippen molar-refractivity contribution in [3.63, 3.8) is 0 Å². The van der Waals surface area contributed by atoms with Crippen LogP contribution in [0.4, 0.5) is 0 Å². The fourth-order valence-electron chi connectivity index (χ4n) is 5.43. The Labute approximate surface area is 238 Å². The van der Waals surface area contributed by atoms with Gasteiger partial charge in [-0.2, -0.15) is 0 Å². The third-order valence-electron chi connectivity index (χ3n) is 7.49. The van der Waals surface area contributed by atoms with Crippen LogP contribution in [0.1, 0.15) is 49.0 Å². The molecule has 0 radical (unpaired) electrons. The highest BCUT2D eigenvalue weighted by molar-refractivity contribution is 7.07. The van der Waals surface area contributed by atoms with Gasteiger partial charge in [-0.3, -0.25) is 20.4 Å². The van der Waals surface area contributed by atoms with Gasteiger partial charge in [-0.1, -0.05) is 29.8 Å². The van der Waals surface area contributed by atoms with Crippen molar-refractivity contribution in [1.29, 1.82) is 0 Å². The highest BCUT2D eigenvalue weighted by atomic mass is 35.5. The largest absolute Gasteiger partial charge is 0.494 e. The summed E-state index contributed by atoms with van der Waals surface area (Å²) in [6, 6.07) is 0.344. The Morgan fingerprint density at radius 3 is 3.03 bits per heavy atom. The molecule has 0 saturated heterocycles. The number of alkyl halides is 1. The average Bonchev–Trinajstić information content (AvgIpc) is 3.30. The maximum atomic E-state index is 13.0. The van der Waals surface area contributed by atoms with Crippen LogP contribution in [0.2, 0.25) is 0 Å². The van der Waals surface area contributed by atoms with Crippen molar-refractivity contribution in [1.82, 2.24) is 25.2 Å². The quantitative estimate of drug-likeness (QED) is 0.356. The van der Waals surface area contributed by atoms with E-state index < -0.39 is 0 Å². The van der Waals surface area contributed by atoms with Gasteiger partial charge in [-0.15, -0.1) is 11.6 Å². The van der Waals surface area contributed by atoms with Gasteiger partial charge < -0.3 is 15.4 Å². The van der Waals surface area contributed by atoms with Crippen LogP contribution in [0.5, 0.6) is 0 Å². The van der Waals surface area contributed by atoms with E-state index in [4.69, 9.17) is 16.3 Å². The molecule has 3 heterocycles. The van der Waals surface area contributed by atoms with Gasteiger partial charge in [0.1, 0.15) is 18.2 Å². The molecule has 6 rings (SSSR count). The lowest BCUT2D eigenvalue weighted by Gasteiger charge is -2.31. The van der Waals surface area contributed by atoms with E-state index in [0.29, 0.717) is 19.7 Å². The van der Waals surface area contributed by atoms with Crippen LogP contribution in [-0.4, -0.2) is 47.1 Å². The maximum Gasteiger partial charge on any atom is 0.272 e. The van der Waals surface area contributed by atoms with Crippen molar-refractivity contribution >= 4 is 41.1 Å². The number of aromatic nitrogens is 1. The third-order valence-corrected chi connectivity index (χ3v) is 9.09. The van der Waals surface area contributed by atoms with Crippen molar-refractivity contribution in [2.45, 2.75) is 68.6 Å². The molecule has 0 saturated carbocycles. The van der Waals surface area contributed by atoms with Crippen LogP contribution in [0, 0.1) is 0 Å². The van der Waals surface area contributed by atoms with E-state index in [9.17, 15) is 4.79 Å². The predicted molar refractivity (Wildman–Crippen MR) is 160 cm³/mol. The molecule has 0 aromatic carbocycles. The minimum Gasteiger partial charge on any atom is -0.494 e. The molecule has 0 bridgehead atoms. The number of nitrogens with one attached hydrogen (secondary N) is 4. The predicted octanol–water partition coefficient (Wildman–Crippen LogP) is 3.95. The van der Waals surface area contributed by atoms with Gasteiger partial charge in [0.05, 0.1) is 29.8 Å². The van der Waals surface area contributed by atoms with Gasteiger partial charge in [0.25, 0.3) is 5.56 Å². The summed E-state index contributed by atoms with van der Waals surface area (Å²) in [5.41, 5.74) is 3.16. The number of allylic oxidation sites excluding steroid dienone is 7. The summed E-state index contributed by atoms with van der Waals surface area (Å²) in [6.07, 6.45) is 24.9. The molecule has 4 atom stereocenters. The number of aryl methyl sites for hydroxylation is 1. The smallest absolute Gasteiger partial charge is 0.272 e. The number of aliphatic imine (C=N–C) groups is 1. The first-order valence-corrected chi connectivity index (χ1v) is 15.0. The van der Waals surface area contributed by atoms with E-state index in [-0.39, 0.29) is 29.2 Å². The molecule has 1 aromatic heterocycles. The number of halogens is 1. The van der Waals surface area contributed by atoms with Crippen LogP contribution in [-0.2, 0) is 11.2 Å². The van der Waals surface area contributed by atoms with Gasteiger partial charge >= 0.3 is 0 Å². The second kappa shape index (κ2) is 12.1. The van der Waals surface area contributed by atoms with Crippen LogP contribution >= 0.6 is 23.1 Å². The monoisotopic (exact) mass is 566 g/mol. The summed E-state index contributed by atoms with van der Waals surface area (Å²) >= 11 is 8.27. The fourth-order valence-corrected chi connectivity index (χ4v) is 6.87. The minimum absolute atomic E-state index is 0.000990. The molecule has 4 unspecified atom stereocenters.